The van der Waals surface area contributed by atoms with Gasteiger partial charge in [-0.25, -0.2) is 15.6 Å². The molecule has 0 aromatic rings. The quantitative estimate of drug-likeness (QED) is 0.404. The summed E-state index contributed by atoms with van der Waals surface area (Å²) in [4.78, 5) is 10.5. The summed E-state index contributed by atoms with van der Waals surface area (Å²) >= 11 is 0. The van der Waals surface area contributed by atoms with Gasteiger partial charge in [-0.2, -0.15) is 0 Å². The molecule has 0 saturated carbocycles. The van der Waals surface area contributed by atoms with E-state index in [0.717, 1.165) is 11.4 Å². The molecule has 1 amide bonds. The largest absolute Gasteiger partial charge is 0.443 e. The van der Waals surface area contributed by atoms with Gasteiger partial charge in [0.2, 0.25) is 0 Å². The minimum atomic E-state index is -0.415. The van der Waals surface area contributed by atoms with E-state index < -0.39 is 6.09 Å². The lowest BCUT2D eigenvalue weighted by Crippen LogP contribution is -2.31. The molecular weight excluding hydrogens is 120 g/mol. The second-order valence-corrected chi connectivity index (χ2v) is 2.07. The first kappa shape index (κ1) is 6.35. The normalized spacial score (nSPS) is 26.7. The molecule has 0 aromatic carbocycles. The van der Waals surface area contributed by atoms with Crippen molar-refractivity contribution in [3.63, 3.8) is 0 Å². The lowest BCUT2D eigenvalue weighted by Gasteiger charge is -2.00. The Balaban J connectivity index is 2.44. The van der Waals surface area contributed by atoms with E-state index in [0.29, 0.717) is 6.54 Å². The number of rotatable bonds is 1. The predicted molar refractivity (Wildman–Crippen MR) is 31.5 cm³/mol. The van der Waals surface area contributed by atoms with Crippen molar-refractivity contribution in [1.29, 1.82) is 0 Å². The minimum absolute atomic E-state index is 0.00231. The average molecular weight is 130 g/mol. The highest BCUT2D eigenvalue weighted by Gasteiger charge is 2.26. The highest BCUT2D eigenvalue weighted by Crippen LogP contribution is 2.08. The number of nitrogens with zero attached hydrogens (tertiary/aromatic N) is 1. The van der Waals surface area contributed by atoms with Gasteiger partial charge in [-0.05, 0) is 6.42 Å². The maximum Gasteiger partial charge on any atom is 0.424 e. The van der Waals surface area contributed by atoms with Gasteiger partial charge in [0, 0.05) is 0 Å². The molecule has 0 bridgehead atoms. The standard InChI is InChI=1S/C5H10N2O2/c1-2-4-3-7(6)5(8)9-4/h4H,2-3,6H2,1H3. The van der Waals surface area contributed by atoms with E-state index in [4.69, 9.17) is 10.6 Å². The molecule has 9 heavy (non-hydrogen) atoms. The average Bonchev–Trinajstić information content (AvgIpc) is 2.13. The second kappa shape index (κ2) is 2.23. The summed E-state index contributed by atoms with van der Waals surface area (Å²) in [6.07, 6.45) is 0.420. The molecule has 0 radical (unpaired) electrons. The molecule has 0 spiro atoms. The summed E-state index contributed by atoms with van der Waals surface area (Å²) < 4.78 is 4.78. The minimum Gasteiger partial charge on any atom is -0.443 e. The zero-order valence-electron chi connectivity index (χ0n) is 5.33. The first-order valence-corrected chi connectivity index (χ1v) is 2.97. The zero-order valence-corrected chi connectivity index (χ0v) is 5.33. The van der Waals surface area contributed by atoms with Crippen molar-refractivity contribution < 1.29 is 9.53 Å². The number of hydrogen-bond donors (Lipinski definition) is 1. The Morgan fingerprint density at radius 2 is 2.67 bits per heavy atom. The Hall–Kier alpha value is -0.770. The van der Waals surface area contributed by atoms with Gasteiger partial charge in [0.05, 0.1) is 6.54 Å². The Bertz CT molecular complexity index is 126. The number of nitrogens with two attached hydrogens (primary N) is 1. The number of ether oxygens (including phenoxy) is 1. The van der Waals surface area contributed by atoms with Gasteiger partial charge in [0.15, 0.2) is 0 Å². The van der Waals surface area contributed by atoms with Crippen LogP contribution >= 0.6 is 0 Å². The Morgan fingerprint density at radius 3 is 2.89 bits per heavy atom. The maximum atomic E-state index is 10.5. The summed E-state index contributed by atoms with van der Waals surface area (Å²) in [5.41, 5.74) is 0. The fourth-order valence-corrected chi connectivity index (χ4v) is 0.754. The van der Waals surface area contributed by atoms with Gasteiger partial charge in [-0.15, -0.1) is 0 Å². The topological polar surface area (TPSA) is 55.6 Å². The van der Waals surface area contributed by atoms with Gasteiger partial charge in [-0.1, -0.05) is 6.92 Å². The molecule has 1 heterocycles. The Kier molecular flexibility index (Phi) is 1.57. The van der Waals surface area contributed by atoms with Gasteiger partial charge >= 0.3 is 6.09 Å². The molecule has 1 saturated heterocycles. The zero-order chi connectivity index (χ0) is 6.85. The van der Waals surface area contributed by atoms with E-state index in [-0.39, 0.29) is 6.10 Å². The van der Waals surface area contributed by atoms with E-state index in [2.05, 4.69) is 0 Å². The summed E-state index contributed by atoms with van der Waals surface area (Å²) in [5.74, 6) is 5.20. The molecule has 4 heteroatoms. The number of carbonyl (C=O) groups excluding carboxylic acids is 1. The number of hydrogen-bond acceptors (Lipinski definition) is 3. The monoisotopic (exact) mass is 130 g/mol. The molecule has 52 valence electrons. The summed E-state index contributed by atoms with van der Waals surface area (Å²) in [7, 11) is 0. The van der Waals surface area contributed by atoms with Crippen molar-refractivity contribution in [2.75, 3.05) is 6.54 Å². The lowest BCUT2D eigenvalue weighted by atomic mass is 10.3. The van der Waals surface area contributed by atoms with Crippen molar-refractivity contribution in [3.05, 3.63) is 0 Å². The highest BCUT2D eigenvalue weighted by molar-refractivity contribution is 5.68. The van der Waals surface area contributed by atoms with E-state index in [1.165, 1.54) is 0 Å². The highest BCUT2D eigenvalue weighted by atomic mass is 16.6. The fourth-order valence-electron chi connectivity index (χ4n) is 0.754. The number of amides is 1. The molecule has 1 aliphatic heterocycles. The van der Waals surface area contributed by atoms with Crippen LogP contribution in [-0.4, -0.2) is 23.8 Å². The number of carbonyl (C=O) groups is 1. The van der Waals surface area contributed by atoms with Crippen molar-refractivity contribution >= 4 is 6.09 Å². The summed E-state index contributed by atoms with van der Waals surface area (Å²) in [6.45, 7) is 2.48. The van der Waals surface area contributed by atoms with E-state index >= 15 is 0 Å². The van der Waals surface area contributed by atoms with Crippen LogP contribution in [0.2, 0.25) is 0 Å². The van der Waals surface area contributed by atoms with Crippen LogP contribution in [0.15, 0.2) is 0 Å². The van der Waals surface area contributed by atoms with E-state index in [9.17, 15) is 4.79 Å². The molecule has 1 atom stereocenters. The van der Waals surface area contributed by atoms with Crippen LogP contribution in [0.25, 0.3) is 0 Å². The first-order chi connectivity index (χ1) is 4.24. The van der Waals surface area contributed by atoms with E-state index in [1.807, 2.05) is 6.92 Å². The third kappa shape index (κ3) is 1.13. The Morgan fingerprint density at radius 1 is 2.00 bits per heavy atom. The molecular formula is C5H10N2O2. The van der Waals surface area contributed by atoms with Crippen LogP contribution in [0.5, 0.6) is 0 Å². The Labute approximate surface area is 53.5 Å². The third-order valence-corrected chi connectivity index (χ3v) is 1.36. The predicted octanol–water partition coefficient (Wildman–Crippen LogP) is 0.0909. The number of hydrazine groups is 1. The van der Waals surface area contributed by atoms with Crippen LogP contribution in [0.4, 0.5) is 4.79 Å². The van der Waals surface area contributed by atoms with Crippen molar-refractivity contribution in [2.45, 2.75) is 19.4 Å². The van der Waals surface area contributed by atoms with Crippen molar-refractivity contribution in [1.82, 2.24) is 5.01 Å². The summed E-state index contributed by atoms with van der Waals surface area (Å²) in [5, 5.41) is 1.09. The molecule has 1 unspecified atom stereocenters. The van der Waals surface area contributed by atoms with Crippen LogP contribution in [0.3, 0.4) is 0 Å². The third-order valence-electron chi connectivity index (χ3n) is 1.36. The molecule has 1 rings (SSSR count). The van der Waals surface area contributed by atoms with E-state index in [1.54, 1.807) is 0 Å². The molecule has 2 N–H and O–H groups in total. The molecule has 0 aliphatic carbocycles. The SMILES string of the molecule is CCC1CN(N)C(=O)O1. The fraction of sp³-hybridized carbons (Fsp3) is 0.800. The molecule has 1 fully saturated rings. The lowest BCUT2D eigenvalue weighted by molar-refractivity contribution is 0.131. The van der Waals surface area contributed by atoms with Gasteiger partial charge < -0.3 is 4.74 Å². The van der Waals surface area contributed by atoms with Crippen LogP contribution < -0.4 is 5.84 Å². The van der Waals surface area contributed by atoms with Gasteiger partial charge in [0.25, 0.3) is 0 Å². The van der Waals surface area contributed by atoms with Gasteiger partial charge in [-0.3, -0.25) is 0 Å². The smallest absolute Gasteiger partial charge is 0.424 e. The maximum absolute atomic E-state index is 10.5. The van der Waals surface area contributed by atoms with Crippen molar-refractivity contribution in [2.24, 2.45) is 5.84 Å². The summed E-state index contributed by atoms with van der Waals surface area (Å²) in [6, 6.07) is 0. The van der Waals surface area contributed by atoms with Crippen molar-refractivity contribution in [3.8, 4) is 0 Å². The van der Waals surface area contributed by atoms with Gasteiger partial charge in [0.1, 0.15) is 6.10 Å². The number of cyclic esters (lactones) is 1. The first-order valence-electron chi connectivity index (χ1n) is 2.97. The molecule has 4 nitrogen and oxygen atoms in total. The van der Waals surface area contributed by atoms with Crippen LogP contribution in [-0.2, 0) is 4.74 Å². The molecule has 1 aliphatic rings. The second-order valence-electron chi connectivity index (χ2n) is 2.07. The van der Waals surface area contributed by atoms with Crippen LogP contribution in [0.1, 0.15) is 13.3 Å². The molecule has 0 aromatic heterocycles. The van der Waals surface area contributed by atoms with Crippen LogP contribution in [0, 0.1) is 0 Å².